The van der Waals surface area contributed by atoms with E-state index in [1.807, 2.05) is 6.92 Å². The van der Waals surface area contributed by atoms with Crippen molar-refractivity contribution in [1.29, 1.82) is 0 Å². The fourth-order valence-electron chi connectivity index (χ4n) is 4.13. The van der Waals surface area contributed by atoms with Crippen LogP contribution in [0.5, 0.6) is 0 Å². The minimum atomic E-state index is -0.890. The molecule has 7 nitrogen and oxygen atoms in total. The van der Waals surface area contributed by atoms with Crippen LogP contribution in [-0.2, 0) is 7.05 Å². The highest BCUT2D eigenvalue weighted by atomic mass is 35.5. The molecule has 0 radical (unpaired) electrons. The summed E-state index contributed by atoms with van der Waals surface area (Å²) in [4.78, 5) is 30.7. The Morgan fingerprint density at radius 2 is 1.89 bits per heavy atom. The average Bonchev–Trinajstić information content (AvgIpc) is 3.33. The fourth-order valence-corrected chi connectivity index (χ4v) is 4.58. The van der Waals surface area contributed by atoms with Gasteiger partial charge in [-0.25, -0.2) is 13.8 Å². The van der Waals surface area contributed by atoms with Gasteiger partial charge in [-0.1, -0.05) is 23.2 Å². The van der Waals surface area contributed by atoms with Crippen LogP contribution in [0.4, 0.5) is 14.5 Å². The van der Waals surface area contributed by atoms with Crippen molar-refractivity contribution in [2.24, 2.45) is 7.05 Å². The summed E-state index contributed by atoms with van der Waals surface area (Å²) < 4.78 is 29.7. The first kappa shape index (κ1) is 23.9. The highest BCUT2D eigenvalue weighted by molar-refractivity contribution is 6.31. The molecule has 0 saturated carbocycles. The second kappa shape index (κ2) is 9.00. The Morgan fingerprint density at radius 1 is 1.11 bits per heavy atom. The van der Waals surface area contributed by atoms with Crippen LogP contribution < -0.4 is 10.6 Å². The quantitative estimate of drug-likeness (QED) is 0.368. The highest BCUT2D eigenvalue weighted by Crippen LogP contribution is 2.40. The number of rotatable bonds is 4. The molecule has 0 bridgehead atoms. The molecule has 1 atom stereocenters. The maximum Gasteiger partial charge on any atom is 0.271 e. The van der Waals surface area contributed by atoms with E-state index in [2.05, 4.69) is 20.7 Å². The van der Waals surface area contributed by atoms with Crippen LogP contribution in [0.25, 0.3) is 11.3 Å². The number of carbonyl (C=O) groups is 2. The molecule has 3 heterocycles. The molecule has 0 spiro atoms. The largest absolute Gasteiger partial charge is 0.340 e. The Kier molecular flexibility index (Phi) is 5.97. The summed E-state index contributed by atoms with van der Waals surface area (Å²) in [6.07, 6.45) is 1.59. The van der Waals surface area contributed by atoms with Gasteiger partial charge in [-0.2, -0.15) is 5.10 Å². The topological polar surface area (TPSA) is 88.9 Å². The van der Waals surface area contributed by atoms with E-state index >= 15 is 0 Å². The van der Waals surface area contributed by atoms with E-state index in [4.69, 9.17) is 23.2 Å². The first-order valence-corrected chi connectivity index (χ1v) is 11.4. The van der Waals surface area contributed by atoms with Crippen molar-refractivity contribution in [2.45, 2.75) is 13.0 Å². The molecule has 182 valence electrons. The van der Waals surface area contributed by atoms with Gasteiger partial charge in [-0.15, -0.1) is 0 Å². The van der Waals surface area contributed by atoms with Gasteiger partial charge in [-0.3, -0.25) is 14.3 Å². The minimum Gasteiger partial charge on any atom is -0.340 e. The number of hydrogen-bond acceptors (Lipinski definition) is 4. The highest BCUT2D eigenvalue weighted by Gasteiger charge is 2.36. The van der Waals surface area contributed by atoms with E-state index in [1.165, 1.54) is 24.3 Å². The van der Waals surface area contributed by atoms with Crippen molar-refractivity contribution in [2.75, 3.05) is 5.32 Å². The molecule has 2 amide bonds. The third kappa shape index (κ3) is 4.20. The van der Waals surface area contributed by atoms with E-state index < -0.39 is 29.5 Å². The van der Waals surface area contributed by atoms with Gasteiger partial charge >= 0.3 is 0 Å². The number of pyridine rings is 1. The van der Waals surface area contributed by atoms with Crippen molar-refractivity contribution in [3.8, 4) is 11.3 Å². The standard InChI is InChI=1S/C25H17Cl2F2N5O2/c1-11-17(10-30-34(11)2)19-9-20(32-24(35)12-5-13(26)7-15(29)6-12)21-22(33-25(36)23(21)31-19)16-8-14(28)3-4-18(16)27/h3-10,22H,1-2H3,(H,33,36)(H,31,32,35). The summed E-state index contributed by atoms with van der Waals surface area (Å²) in [5, 5.41) is 10.00. The molecule has 36 heavy (non-hydrogen) atoms. The van der Waals surface area contributed by atoms with Crippen LogP contribution in [0.3, 0.4) is 0 Å². The van der Waals surface area contributed by atoms with Crippen molar-refractivity contribution >= 4 is 40.7 Å². The van der Waals surface area contributed by atoms with Crippen LogP contribution in [0.2, 0.25) is 10.0 Å². The Bertz CT molecular complexity index is 1550. The number of amides is 2. The molecule has 2 aromatic carbocycles. The monoisotopic (exact) mass is 527 g/mol. The van der Waals surface area contributed by atoms with E-state index in [-0.39, 0.29) is 27.0 Å². The van der Waals surface area contributed by atoms with Crippen molar-refractivity contribution in [1.82, 2.24) is 20.1 Å². The second-order valence-electron chi connectivity index (χ2n) is 8.27. The third-order valence-corrected chi connectivity index (χ3v) is 6.55. The zero-order valence-electron chi connectivity index (χ0n) is 18.9. The van der Waals surface area contributed by atoms with Gasteiger partial charge in [0.15, 0.2) is 0 Å². The SMILES string of the molecule is Cc1c(-c2cc(NC(=O)c3cc(F)cc(Cl)c3)c3c(n2)C(=O)NC3c2cc(F)ccc2Cl)cnn1C. The number of halogens is 4. The zero-order chi connectivity index (χ0) is 25.7. The predicted molar refractivity (Wildman–Crippen MR) is 131 cm³/mol. The Balaban J connectivity index is 1.69. The van der Waals surface area contributed by atoms with Crippen molar-refractivity contribution in [3.63, 3.8) is 0 Å². The molecule has 11 heteroatoms. The smallest absolute Gasteiger partial charge is 0.271 e. The maximum absolute atomic E-state index is 14.1. The van der Waals surface area contributed by atoms with Gasteiger partial charge in [0.25, 0.3) is 11.8 Å². The predicted octanol–water partition coefficient (Wildman–Crippen LogP) is 5.46. The molecule has 4 aromatic rings. The van der Waals surface area contributed by atoms with Crippen LogP contribution in [0, 0.1) is 18.6 Å². The lowest BCUT2D eigenvalue weighted by Crippen LogP contribution is -2.21. The molecule has 0 fully saturated rings. The van der Waals surface area contributed by atoms with Gasteiger partial charge < -0.3 is 10.6 Å². The molecule has 5 rings (SSSR count). The summed E-state index contributed by atoms with van der Waals surface area (Å²) in [5.41, 5.74) is 2.62. The number of fused-ring (bicyclic) bond motifs is 1. The Labute approximate surface area is 214 Å². The number of anilines is 1. The fraction of sp³-hybridized carbons (Fsp3) is 0.120. The lowest BCUT2D eigenvalue weighted by molar-refractivity contribution is 0.0955. The number of hydrogen-bond donors (Lipinski definition) is 2. The van der Waals surface area contributed by atoms with Crippen LogP contribution in [0.15, 0.2) is 48.7 Å². The molecular weight excluding hydrogens is 511 g/mol. The number of carbonyl (C=O) groups excluding carboxylic acids is 2. The number of aromatic nitrogens is 3. The van der Waals surface area contributed by atoms with Crippen molar-refractivity contribution < 1.29 is 18.4 Å². The molecule has 1 aliphatic rings. The molecule has 1 aliphatic heterocycles. The summed E-state index contributed by atoms with van der Waals surface area (Å²) in [6.45, 7) is 1.83. The van der Waals surface area contributed by atoms with Crippen LogP contribution in [-0.4, -0.2) is 26.6 Å². The normalized spacial score (nSPS) is 14.5. The minimum absolute atomic E-state index is 0.0257. The van der Waals surface area contributed by atoms with Crippen LogP contribution in [0.1, 0.15) is 43.7 Å². The zero-order valence-corrected chi connectivity index (χ0v) is 20.4. The summed E-state index contributed by atoms with van der Waals surface area (Å²) in [7, 11) is 1.76. The number of nitrogens with zero attached hydrogens (tertiary/aromatic N) is 3. The number of aryl methyl sites for hydroxylation is 1. The molecular formula is C25H17Cl2F2N5O2. The maximum atomic E-state index is 14.1. The van der Waals surface area contributed by atoms with E-state index in [0.29, 0.717) is 22.4 Å². The summed E-state index contributed by atoms with van der Waals surface area (Å²) >= 11 is 12.3. The number of nitrogens with one attached hydrogen (secondary N) is 2. The second-order valence-corrected chi connectivity index (χ2v) is 9.11. The number of benzene rings is 2. The lowest BCUT2D eigenvalue weighted by atomic mass is 9.97. The molecule has 2 N–H and O–H groups in total. The first-order valence-electron chi connectivity index (χ1n) is 10.7. The summed E-state index contributed by atoms with van der Waals surface area (Å²) in [5.74, 6) is -2.42. The van der Waals surface area contributed by atoms with Gasteiger partial charge in [0.05, 0.1) is 23.6 Å². The lowest BCUT2D eigenvalue weighted by Gasteiger charge is -2.18. The van der Waals surface area contributed by atoms with Gasteiger partial charge in [-0.05, 0) is 49.4 Å². The summed E-state index contributed by atoms with van der Waals surface area (Å²) in [6, 6.07) is 7.92. The molecule has 0 aliphatic carbocycles. The third-order valence-electron chi connectivity index (χ3n) is 5.99. The van der Waals surface area contributed by atoms with Gasteiger partial charge in [0.2, 0.25) is 0 Å². The van der Waals surface area contributed by atoms with E-state index in [0.717, 1.165) is 17.8 Å². The molecule has 0 saturated heterocycles. The van der Waals surface area contributed by atoms with Crippen LogP contribution >= 0.6 is 23.2 Å². The first-order chi connectivity index (χ1) is 17.1. The van der Waals surface area contributed by atoms with Gasteiger partial charge in [0.1, 0.15) is 17.3 Å². The Morgan fingerprint density at radius 3 is 2.58 bits per heavy atom. The molecule has 2 aromatic heterocycles. The average molecular weight is 528 g/mol. The van der Waals surface area contributed by atoms with E-state index in [9.17, 15) is 18.4 Å². The Hall–Kier alpha value is -3.82. The van der Waals surface area contributed by atoms with E-state index in [1.54, 1.807) is 24.0 Å². The van der Waals surface area contributed by atoms with Crippen molar-refractivity contribution in [3.05, 3.63) is 98.4 Å². The van der Waals surface area contributed by atoms with Gasteiger partial charge in [0, 0.05) is 45.0 Å². The molecule has 1 unspecified atom stereocenters.